The highest BCUT2D eigenvalue weighted by Crippen LogP contribution is 2.34. The highest BCUT2D eigenvalue weighted by atomic mass is 35.5. The molecule has 3 nitrogen and oxygen atoms in total. The molecular weight excluding hydrogens is 355 g/mol. The molecule has 1 heterocycles. The van der Waals surface area contributed by atoms with E-state index in [2.05, 4.69) is 17.6 Å². The van der Waals surface area contributed by atoms with E-state index >= 15 is 0 Å². The summed E-state index contributed by atoms with van der Waals surface area (Å²) in [4.78, 5) is 3.37. The molecular formula is C20H16Cl2N2O. The Morgan fingerprint density at radius 2 is 2.04 bits per heavy atom. The smallest absolute Gasteiger partial charge is 0.120 e. The Morgan fingerprint density at radius 1 is 1.28 bits per heavy atom. The number of benzene rings is 2. The van der Waals surface area contributed by atoms with E-state index in [1.807, 2.05) is 25.1 Å². The summed E-state index contributed by atoms with van der Waals surface area (Å²) in [6.45, 7) is 5.81. The van der Waals surface area contributed by atoms with Crippen LogP contribution in [0.25, 0.3) is 16.7 Å². The Kier molecular flexibility index (Phi) is 4.76. The molecule has 3 rings (SSSR count). The molecule has 5 heteroatoms. The third-order valence-electron chi connectivity index (χ3n) is 4.35. The molecule has 0 aliphatic rings. The number of hydrogen-bond donors (Lipinski definition) is 1. The van der Waals surface area contributed by atoms with E-state index in [1.165, 1.54) is 0 Å². The summed E-state index contributed by atoms with van der Waals surface area (Å²) < 4.78 is 5.19. The molecule has 0 saturated heterocycles. The monoisotopic (exact) mass is 370 g/mol. The fraction of sp³-hybridized carbons (Fsp3) is 0.150. The Labute approximate surface area is 156 Å². The van der Waals surface area contributed by atoms with E-state index in [0.717, 1.165) is 33.3 Å². The number of rotatable bonds is 4. The summed E-state index contributed by atoms with van der Waals surface area (Å²) in [5.74, 6) is 0.495. The Bertz CT molecular complexity index is 1030. The number of aromatic nitrogens is 1. The van der Waals surface area contributed by atoms with Gasteiger partial charge in [0.2, 0.25) is 0 Å². The Balaban J connectivity index is 2.06. The van der Waals surface area contributed by atoms with E-state index < -0.39 is 0 Å². The van der Waals surface area contributed by atoms with Crippen molar-refractivity contribution in [3.05, 3.63) is 74.9 Å². The molecule has 0 amide bonds. The van der Waals surface area contributed by atoms with E-state index in [9.17, 15) is 5.26 Å². The van der Waals surface area contributed by atoms with Crippen molar-refractivity contribution >= 4 is 39.9 Å². The van der Waals surface area contributed by atoms with Gasteiger partial charge in [-0.15, -0.1) is 0 Å². The van der Waals surface area contributed by atoms with E-state index in [-0.39, 0.29) is 0 Å². The van der Waals surface area contributed by atoms with Crippen LogP contribution in [0.2, 0.25) is 10.0 Å². The van der Waals surface area contributed by atoms with Crippen molar-refractivity contribution in [3.63, 3.8) is 0 Å². The van der Waals surface area contributed by atoms with Crippen molar-refractivity contribution in [2.45, 2.75) is 13.3 Å². The maximum atomic E-state index is 9.18. The molecule has 1 aromatic heterocycles. The Morgan fingerprint density at radius 3 is 2.72 bits per heavy atom. The van der Waals surface area contributed by atoms with Gasteiger partial charge in [0.25, 0.3) is 0 Å². The number of aromatic amines is 1. The lowest BCUT2D eigenvalue weighted by Gasteiger charge is -2.12. The minimum atomic E-state index is 0.495. The van der Waals surface area contributed by atoms with Gasteiger partial charge in [-0.3, -0.25) is 0 Å². The molecule has 0 unspecified atom stereocenters. The minimum absolute atomic E-state index is 0.495. The van der Waals surface area contributed by atoms with Crippen LogP contribution in [0, 0.1) is 18.3 Å². The SMILES string of the molecule is C=C(OC)c1ccc(Cl)c(Cc2cc3c(C)c(C#N)ccc3[nH]2)c1Cl. The zero-order valence-corrected chi connectivity index (χ0v) is 15.4. The van der Waals surface area contributed by atoms with Crippen molar-refractivity contribution in [3.8, 4) is 6.07 Å². The molecule has 0 bridgehead atoms. The fourth-order valence-electron chi connectivity index (χ4n) is 2.90. The second-order valence-corrected chi connectivity index (χ2v) is 6.58. The number of H-pyrrole nitrogens is 1. The number of ether oxygens (including phenoxy) is 1. The van der Waals surface area contributed by atoms with Crippen molar-refractivity contribution in [1.82, 2.24) is 4.98 Å². The molecule has 3 aromatic rings. The summed E-state index contributed by atoms with van der Waals surface area (Å²) in [5, 5.41) is 11.3. The van der Waals surface area contributed by atoms with Crippen molar-refractivity contribution in [1.29, 1.82) is 5.26 Å². The number of methoxy groups -OCH3 is 1. The number of halogens is 2. The lowest BCUT2D eigenvalue weighted by Crippen LogP contribution is -1.96. The van der Waals surface area contributed by atoms with Crippen LogP contribution in [0.4, 0.5) is 0 Å². The van der Waals surface area contributed by atoms with Gasteiger partial charge in [0, 0.05) is 33.6 Å². The summed E-state index contributed by atoms with van der Waals surface area (Å²) in [5.41, 5.74) is 5.12. The van der Waals surface area contributed by atoms with Crippen LogP contribution in [0.15, 0.2) is 36.9 Å². The number of nitriles is 1. The topological polar surface area (TPSA) is 48.8 Å². The highest BCUT2D eigenvalue weighted by molar-refractivity contribution is 6.37. The van der Waals surface area contributed by atoms with Gasteiger partial charge in [-0.05, 0) is 48.4 Å². The van der Waals surface area contributed by atoms with Crippen LogP contribution >= 0.6 is 23.2 Å². The number of aryl methyl sites for hydroxylation is 1. The summed E-state index contributed by atoms with van der Waals surface area (Å²) in [7, 11) is 1.56. The van der Waals surface area contributed by atoms with Crippen LogP contribution in [-0.2, 0) is 11.2 Å². The van der Waals surface area contributed by atoms with Gasteiger partial charge in [0.05, 0.1) is 23.8 Å². The zero-order valence-electron chi connectivity index (χ0n) is 13.9. The first-order valence-corrected chi connectivity index (χ1v) is 8.43. The lowest BCUT2D eigenvalue weighted by molar-refractivity contribution is 0.371. The first kappa shape index (κ1) is 17.4. The van der Waals surface area contributed by atoms with Crippen LogP contribution in [0.5, 0.6) is 0 Å². The first-order chi connectivity index (χ1) is 12.0. The Hall–Kier alpha value is -2.41. The fourth-order valence-corrected chi connectivity index (χ4v) is 3.51. The molecule has 0 spiro atoms. The van der Waals surface area contributed by atoms with Crippen molar-refractivity contribution in [2.24, 2.45) is 0 Å². The molecule has 0 saturated carbocycles. The third kappa shape index (κ3) is 3.11. The molecule has 0 aliphatic heterocycles. The van der Waals surface area contributed by atoms with Gasteiger partial charge in [-0.2, -0.15) is 5.26 Å². The molecule has 0 radical (unpaired) electrons. The molecule has 0 atom stereocenters. The van der Waals surface area contributed by atoms with E-state index in [4.69, 9.17) is 27.9 Å². The van der Waals surface area contributed by atoms with Gasteiger partial charge in [0.1, 0.15) is 5.76 Å². The van der Waals surface area contributed by atoms with Crippen molar-refractivity contribution in [2.75, 3.05) is 7.11 Å². The normalized spacial score (nSPS) is 10.7. The number of nitrogens with one attached hydrogen (secondary N) is 1. The molecule has 126 valence electrons. The maximum absolute atomic E-state index is 9.18. The van der Waals surface area contributed by atoms with Gasteiger partial charge in [-0.25, -0.2) is 0 Å². The predicted molar refractivity (Wildman–Crippen MR) is 103 cm³/mol. The van der Waals surface area contributed by atoms with Gasteiger partial charge < -0.3 is 9.72 Å². The van der Waals surface area contributed by atoms with Crippen molar-refractivity contribution < 1.29 is 4.74 Å². The van der Waals surface area contributed by atoms with E-state index in [0.29, 0.717) is 27.8 Å². The molecule has 0 fully saturated rings. The summed E-state index contributed by atoms with van der Waals surface area (Å²) >= 11 is 12.9. The standard InChI is InChI=1S/C20H16Cl2N2O/c1-11-13(10-23)4-7-19-16(11)8-14(24-19)9-17-18(21)6-5-15(20(17)22)12(2)25-3/h4-8,24H,2,9H2,1,3H3. The second kappa shape index (κ2) is 6.84. The maximum Gasteiger partial charge on any atom is 0.120 e. The lowest BCUT2D eigenvalue weighted by atomic mass is 10.0. The highest BCUT2D eigenvalue weighted by Gasteiger charge is 2.15. The van der Waals surface area contributed by atoms with Crippen LogP contribution in [0.3, 0.4) is 0 Å². The van der Waals surface area contributed by atoms with E-state index in [1.54, 1.807) is 19.2 Å². The van der Waals surface area contributed by atoms with Gasteiger partial charge in [0.15, 0.2) is 0 Å². The molecule has 25 heavy (non-hydrogen) atoms. The molecule has 0 aliphatic carbocycles. The average molecular weight is 371 g/mol. The summed E-state index contributed by atoms with van der Waals surface area (Å²) in [6, 6.07) is 11.6. The predicted octanol–water partition coefficient (Wildman–Crippen LogP) is 5.86. The molecule has 2 aromatic carbocycles. The van der Waals surface area contributed by atoms with Gasteiger partial charge >= 0.3 is 0 Å². The summed E-state index contributed by atoms with van der Waals surface area (Å²) in [6.07, 6.45) is 0.540. The molecule has 1 N–H and O–H groups in total. The van der Waals surface area contributed by atoms with Crippen LogP contribution in [0.1, 0.15) is 27.9 Å². The van der Waals surface area contributed by atoms with Crippen LogP contribution in [-0.4, -0.2) is 12.1 Å². The quantitative estimate of drug-likeness (QED) is 0.584. The average Bonchev–Trinajstić information content (AvgIpc) is 3.02. The number of fused-ring (bicyclic) bond motifs is 1. The number of hydrogen-bond acceptors (Lipinski definition) is 2. The third-order valence-corrected chi connectivity index (χ3v) is 5.13. The minimum Gasteiger partial charge on any atom is -0.497 e. The largest absolute Gasteiger partial charge is 0.497 e. The number of nitrogens with zero attached hydrogens (tertiary/aromatic N) is 1. The second-order valence-electron chi connectivity index (χ2n) is 5.80. The van der Waals surface area contributed by atoms with Crippen LogP contribution < -0.4 is 0 Å². The zero-order chi connectivity index (χ0) is 18.1. The first-order valence-electron chi connectivity index (χ1n) is 7.67. The van der Waals surface area contributed by atoms with Gasteiger partial charge in [-0.1, -0.05) is 29.8 Å².